The number of hydrogen-bond donors (Lipinski definition) is 0. The van der Waals surface area contributed by atoms with E-state index in [2.05, 4.69) is 50.3 Å². The van der Waals surface area contributed by atoms with E-state index in [1.54, 1.807) is 0 Å². The van der Waals surface area contributed by atoms with Gasteiger partial charge in [0, 0.05) is 19.1 Å². The maximum Gasteiger partial charge on any atom is 0.331 e. The summed E-state index contributed by atoms with van der Waals surface area (Å²) in [5.74, 6) is 0.701. The van der Waals surface area contributed by atoms with E-state index < -0.39 is 0 Å². The summed E-state index contributed by atoms with van der Waals surface area (Å²) in [5.41, 5.74) is 2.17. The van der Waals surface area contributed by atoms with Crippen molar-refractivity contribution in [1.29, 1.82) is 0 Å². The molecule has 4 aliphatic rings. The van der Waals surface area contributed by atoms with Crippen LogP contribution in [0.1, 0.15) is 91.4 Å². The van der Waals surface area contributed by atoms with E-state index in [9.17, 15) is 4.79 Å². The van der Waals surface area contributed by atoms with Gasteiger partial charge in [-0.2, -0.15) is 0 Å². The van der Waals surface area contributed by atoms with E-state index in [4.69, 9.17) is 23.7 Å². The molecule has 2 aliphatic heterocycles. The first-order valence-corrected chi connectivity index (χ1v) is 16.1. The fraction of sp³-hybridized carbons (Fsp3) is 0.794. The van der Waals surface area contributed by atoms with Crippen molar-refractivity contribution in [2.45, 2.75) is 116 Å². The lowest BCUT2D eigenvalue weighted by molar-refractivity contribution is -0.198. The Bertz CT molecular complexity index is 897. The molecule has 2 heterocycles. The zero-order valence-corrected chi connectivity index (χ0v) is 25.9. The third-order valence-corrected chi connectivity index (χ3v) is 9.36. The quantitative estimate of drug-likeness (QED) is 0.155. The van der Waals surface area contributed by atoms with Crippen molar-refractivity contribution in [2.24, 2.45) is 23.2 Å². The highest BCUT2D eigenvalue weighted by molar-refractivity contribution is 5.70. The van der Waals surface area contributed by atoms with Gasteiger partial charge in [0.2, 0.25) is 0 Å². The number of unbranched alkanes of at least 4 members (excludes halogenated alkanes) is 1. The van der Waals surface area contributed by atoms with Crippen LogP contribution in [0.25, 0.3) is 0 Å². The van der Waals surface area contributed by atoms with E-state index in [1.807, 2.05) is 0 Å². The largest absolute Gasteiger partial charge is 0.467 e. The van der Waals surface area contributed by atoms with Gasteiger partial charge < -0.3 is 28.4 Å². The minimum atomic E-state index is -0.373. The van der Waals surface area contributed by atoms with Crippen molar-refractivity contribution >= 4 is 5.97 Å². The molecule has 7 heteroatoms. The molecule has 0 N–H and O–H groups in total. The molecule has 4 rings (SSSR count). The average molecular weight is 575 g/mol. The topological polar surface area (TPSA) is 72.5 Å². The van der Waals surface area contributed by atoms with Crippen molar-refractivity contribution in [3.8, 4) is 0 Å². The molecule has 1 saturated carbocycles. The Morgan fingerprint density at radius 3 is 2.51 bits per heavy atom. The van der Waals surface area contributed by atoms with Crippen LogP contribution in [0.15, 0.2) is 36.0 Å². The number of carbonyl (C=O) groups is 1. The van der Waals surface area contributed by atoms with Crippen LogP contribution < -0.4 is 0 Å². The van der Waals surface area contributed by atoms with Crippen molar-refractivity contribution < 1.29 is 33.2 Å². The second-order valence-electron chi connectivity index (χ2n) is 13.0. The number of ether oxygens (including phenoxy) is 6. The van der Waals surface area contributed by atoms with Gasteiger partial charge in [-0.1, -0.05) is 58.4 Å². The van der Waals surface area contributed by atoms with E-state index in [1.165, 1.54) is 25.5 Å². The molecule has 7 nitrogen and oxygen atoms in total. The van der Waals surface area contributed by atoms with Crippen LogP contribution in [0.2, 0.25) is 0 Å². The smallest absolute Gasteiger partial charge is 0.331 e. The molecule has 0 spiro atoms. The van der Waals surface area contributed by atoms with Gasteiger partial charge in [-0.3, -0.25) is 0 Å². The Balaban J connectivity index is 1.51. The van der Waals surface area contributed by atoms with Gasteiger partial charge in [0.25, 0.3) is 0 Å². The van der Waals surface area contributed by atoms with Crippen LogP contribution in [0.4, 0.5) is 0 Å². The minimum Gasteiger partial charge on any atom is -0.467 e. The van der Waals surface area contributed by atoms with Crippen LogP contribution >= 0.6 is 0 Å². The normalized spacial score (nSPS) is 31.2. The summed E-state index contributed by atoms with van der Waals surface area (Å²) in [4.78, 5) is 11.5. The molecular weight excluding hydrogens is 520 g/mol. The predicted octanol–water partition coefficient (Wildman–Crippen LogP) is 6.91. The lowest BCUT2D eigenvalue weighted by atomic mass is 9.80. The highest BCUT2D eigenvalue weighted by Gasteiger charge is 2.46. The predicted molar refractivity (Wildman–Crippen MR) is 159 cm³/mol. The first-order chi connectivity index (χ1) is 19.8. The second-order valence-corrected chi connectivity index (χ2v) is 13.0. The number of carbonyl (C=O) groups excluding carboxylic acids is 1. The fourth-order valence-corrected chi connectivity index (χ4v) is 6.78. The maximum atomic E-state index is 11.5. The molecule has 2 aliphatic carbocycles. The lowest BCUT2D eigenvalue weighted by Gasteiger charge is -2.36. The summed E-state index contributed by atoms with van der Waals surface area (Å²) in [5, 5.41) is 0. The molecular formula is C34H54O7. The highest BCUT2D eigenvalue weighted by Crippen LogP contribution is 2.50. The fourth-order valence-electron chi connectivity index (χ4n) is 6.78. The van der Waals surface area contributed by atoms with Crippen LogP contribution in [0.3, 0.4) is 0 Å². The van der Waals surface area contributed by atoms with Crippen LogP contribution in [-0.2, 0) is 33.2 Å². The van der Waals surface area contributed by atoms with Gasteiger partial charge in [0.05, 0.1) is 25.9 Å². The summed E-state index contributed by atoms with van der Waals surface area (Å²) in [6.45, 7) is 13.0. The molecule has 0 bridgehead atoms. The maximum absolute atomic E-state index is 11.5. The monoisotopic (exact) mass is 574 g/mol. The summed E-state index contributed by atoms with van der Waals surface area (Å²) < 4.78 is 35.6. The molecule has 232 valence electrons. The van der Waals surface area contributed by atoms with Gasteiger partial charge in [-0.15, -0.1) is 0 Å². The zero-order valence-electron chi connectivity index (χ0n) is 25.9. The van der Waals surface area contributed by atoms with E-state index >= 15 is 0 Å². The summed E-state index contributed by atoms with van der Waals surface area (Å²) in [6, 6.07) is 0. The van der Waals surface area contributed by atoms with Crippen molar-refractivity contribution in [3.63, 3.8) is 0 Å². The third kappa shape index (κ3) is 9.24. The Morgan fingerprint density at radius 1 is 1.12 bits per heavy atom. The van der Waals surface area contributed by atoms with Crippen molar-refractivity contribution in [1.82, 2.24) is 0 Å². The molecule has 7 atom stereocenters. The molecule has 0 aromatic rings. The SMILES string of the molecule is C=C(COCC(=O)OC)C1=C[C@H]2[C@@H](C1)C[C@@H](OC1CCCCO1)[C@@H]2/C=C/[C@@H](OC1CCCCO1)C(C)(C)CCCC. The third-order valence-electron chi connectivity index (χ3n) is 9.36. The molecule has 0 radical (unpaired) electrons. The Labute approximate surface area is 248 Å². The standard InChI is InChI=1S/C34H54O7/c1-6-7-16-34(3,4)30(41-33-13-9-11-18-39-33)15-14-27-28-20-25(24(2)22-37-23-31(35)36-5)19-26(28)21-29(27)40-32-12-8-10-17-38-32/h14-15,20,26-30,32-33H,2,6-13,16-19,21-23H2,1,3-5H3/b15-14+/t26-,27+,28-,29+,30+,32?,33?/m0/s1. The van der Waals surface area contributed by atoms with Gasteiger partial charge in [0.1, 0.15) is 6.61 Å². The molecule has 2 unspecified atom stereocenters. The summed E-state index contributed by atoms with van der Waals surface area (Å²) in [7, 11) is 1.37. The summed E-state index contributed by atoms with van der Waals surface area (Å²) in [6.07, 6.45) is 18.8. The van der Waals surface area contributed by atoms with Gasteiger partial charge in [-0.05, 0) is 86.2 Å². The Hall–Kier alpha value is -1.51. The van der Waals surface area contributed by atoms with E-state index in [-0.39, 0.29) is 48.7 Å². The van der Waals surface area contributed by atoms with Gasteiger partial charge in [-0.25, -0.2) is 4.79 Å². The minimum absolute atomic E-state index is 0.00387. The number of esters is 1. The van der Waals surface area contributed by atoms with Crippen LogP contribution in [-0.4, -0.2) is 64.3 Å². The Kier molecular flexibility index (Phi) is 12.5. The zero-order chi connectivity index (χ0) is 29.2. The highest BCUT2D eigenvalue weighted by atomic mass is 16.7. The van der Waals surface area contributed by atoms with Crippen molar-refractivity contribution in [3.05, 3.63) is 36.0 Å². The molecule has 41 heavy (non-hydrogen) atoms. The van der Waals surface area contributed by atoms with E-state index in [0.29, 0.717) is 18.4 Å². The van der Waals surface area contributed by atoms with Crippen molar-refractivity contribution in [2.75, 3.05) is 33.5 Å². The summed E-state index contributed by atoms with van der Waals surface area (Å²) >= 11 is 0. The number of methoxy groups -OCH3 is 1. The van der Waals surface area contributed by atoms with Gasteiger partial charge >= 0.3 is 5.97 Å². The number of rotatable bonds is 15. The molecule has 0 aromatic heterocycles. The van der Waals surface area contributed by atoms with Crippen LogP contribution in [0.5, 0.6) is 0 Å². The van der Waals surface area contributed by atoms with Crippen LogP contribution in [0, 0.1) is 23.2 Å². The lowest BCUT2D eigenvalue weighted by Crippen LogP contribution is -2.37. The number of fused-ring (bicyclic) bond motifs is 1. The number of allylic oxidation sites excluding steroid dienone is 1. The Morgan fingerprint density at radius 2 is 1.85 bits per heavy atom. The number of hydrogen-bond acceptors (Lipinski definition) is 7. The molecule has 0 aromatic carbocycles. The first kappa shape index (κ1) is 32.4. The molecule has 0 amide bonds. The van der Waals surface area contributed by atoms with Gasteiger partial charge in [0.15, 0.2) is 12.6 Å². The molecule has 2 saturated heterocycles. The second kappa shape index (κ2) is 15.8. The van der Waals surface area contributed by atoms with E-state index in [0.717, 1.165) is 76.6 Å². The first-order valence-electron chi connectivity index (χ1n) is 16.1. The average Bonchev–Trinajstić information content (AvgIpc) is 3.53. The molecule has 3 fully saturated rings.